The number of rotatable bonds is 12. The predicted molar refractivity (Wildman–Crippen MR) is 196 cm³/mol. The SMILES string of the molecule is CN(C)S(=O)(=O)n1cc([C@@H]2c3c(ncn3Cc3ccccc3)C[C@H](CO[Si](C)(C)C(C)(C)C)[C@H]2CO[Si](C)(C)C(C)(C)C)nc1N=[N+]=[N-]. The topological polar surface area (TPSA) is 140 Å². The van der Waals surface area contributed by atoms with Crippen LogP contribution in [0.5, 0.6) is 0 Å². The molecule has 4 rings (SSSR count). The third kappa shape index (κ3) is 7.82. The average Bonchev–Trinajstić information content (AvgIpc) is 3.58. The summed E-state index contributed by atoms with van der Waals surface area (Å²) in [6.07, 6.45) is 4.06. The van der Waals surface area contributed by atoms with Crippen LogP contribution in [0.15, 0.2) is 48.0 Å². The quantitative estimate of drug-likeness (QED) is 0.0816. The molecule has 0 amide bonds. The summed E-state index contributed by atoms with van der Waals surface area (Å²) in [6, 6.07) is 10.2. The van der Waals surface area contributed by atoms with Crippen molar-refractivity contribution in [2.75, 3.05) is 27.3 Å². The van der Waals surface area contributed by atoms with Gasteiger partial charge in [-0.1, -0.05) is 71.9 Å². The molecule has 48 heavy (non-hydrogen) atoms. The van der Waals surface area contributed by atoms with Crippen molar-refractivity contribution in [1.82, 2.24) is 22.8 Å². The van der Waals surface area contributed by atoms with Gasteiger partial charge < -0.3 is 13.4 Å². The largest absolute Gasteiger partial charge is 0.417 e. The third-order valence-corrected chi connectivity index (χ3v) is 21.4. The van der Waals surface area contributed by atoms with E-state index in [-0.39, 0.29) is 27.9 Å². The van der Waals surface area contributed by atoms with Gasteiger partial charge in [-0.3, -0.25) is 0 Å². The van der Waals surface area contributed by atoms with Crippen molar-refractivity contribution < 1.29 is 17.3 Å². The number of hydrogen-bond acceptors (Lipinski definition) is 7. The number of aromatic nitrogens is 4. The van der Waals surface area contributed by atoms with E-state index in [1.54, 1.807) is 0 Å². The molecule has 0 radical (unpaired) electrons. The van der Waals surface area contributed by atoms with Gasteiger partial charge in [0.25, 0.3) is 0 Å². The van der Waals surface area contributed by atoms with Crippen LogP contribution in [0.3, 0.4) is 0 Å². The van der Waals surface area contributed by atoms with Crippen LogP contribution < -0.4 is 0 Å². The van der Waals surface area contributed by atoms with E-state index < -0.39 is 32.8 Å². The van der Waals surface area contributed by atoms with Crippen LogP contribution in [0, 0.1) is 11.8 Å². The minimum absolute atomic E-state index is 0.0133. The highest BCUT2D eigenvalue weighted by Crippen LogP contribution is 2.47. The molecule has 0 spiro atoms. The zero-order valence-corrected chi connectivity index (χ0v) is 33.5. The van der Waals surface area contributed by atoms with Gasteiger partial charge in [0.05, 0.1) is 29.3 Å². The fraction of sp³-hybridized carbons (Fsp3) is 0.636. The maximum atomic E-state index is 13.5. The Morgan fingerprint density at radius 1 is 1.00 bits per heavy atom. The van der Waals surface area contributed by atoms with E-state index in [0.717, 1.165) is 25.2 Å². The molecule has 0 N–H and O–H groups in total. The number of azide groups is 1. The minimum atomic E-state index is -4.05. The number of nitrogens with zero attached hydrogens (tertiary/aromatic N) is 8. The fourth-order valence-electron chi connectivity index (χ4n) is 5.53. The number of hydrogen-bond donors (Lipinski definition) is 0. The van der Waals surface area contributed by atoms with Crippen LogP contribution in [-0.4, -0.2) is 75.2 Å². The molecule has 3 atom stereocenters. The van der Waals surface area contributed by atoms with E-state index in [1.165, 1.54) is 20.3 Å². The van der Waals surface area contributed by atoms with Gasteiger partial charge in [-0.15, -0.1) is 0 Å². The molecular formula is C33H54N8O4SSi2. The molecule has 0 saturated carbocycles. The Labute approximate surface area is 289 Å². The first kappa shape index (κ1) is 38.0. The van der Waals surface area contributed by atoms with Crippen molar-refractivity contribution >= 4 is 32.8 Å². The zero-order valence-electron chi connectivity index (χ0n) is 30.7. The molecule has 0 saturated heterocycles. The van der Waals surface area contributed by atoms with Gasteiger partial charge in [-0.05, 0) is 64.8 Å². The standard InChI is InChI=1S/C33H54N8O4SSi2/c1-32(2,3)47(9,10)44-21-25-18-27-30(40(23-35-27)19-24-16-14-13-15-17-24)29(26(25)22-45-48(11,12)33(4,5)6)28-20-41(31(36-28)37-38-34)46(42,43)39(7)8/h13-17,20,23,25-26,29H,18-19,21-22H2,1-12H3/t25-,26-,29-/m1/s1. The maximum Gasteiger partial charge on any atom is 0.308 e. The molecule has 1 aliphatic carbocycles. The minimum Gasteiger partial charge on any atom is -0.417 e. The van der Waals surface area contributed by atoms with Gasteiger partial charge in [0, 0.05) is 50.9 Å². The Kier molecular flexibility index (Phi) is 11.0. The lowest BCUT2D eigenvalue weighted by Crippen LogP contribution is -2.47. The molecule has 2 aromatic heterocycles. The van der Waals surface area contributed by atoms with Crippen molar-refractivity contribution in [3.8, 4) is 0 Å². The van der Waals surface area contributed by atoms with E-state index >= 15 is 0 Å². The van der Waals surface area contributed by atoms with Crippen molar-refractivity contribution in [2.45, 2.75) is 96.7 Å². The van der Waals surface area contributed by atoms with Gasteiger partial charge in [-0.25, -0.2) is 13.9 Å². The van der Waals surface area contributed by atoms with Crippen LogP contribution in [0.4, 0.5) is 5.95 Å². The Morgan fingerprint density at radius 3 is 2.12 bits per heavy atom. The molecule has 3 aromatic rings. The zero-order chi connectivity index (χ0) is 35.9. The first-order chi connectivity index (χ1) is 22.1. The highest BCUT2D eigenvalue weighted by atomic mass is 32.2. The number of fused-ring (bicyclic) bond motifs is 1. The van der Waals surface area contributed by atoms with Crippen LogP contribution in [0.1, 0.15) is 70.1 Å². The van der Waals surface area contributed by atoms with Crippen LogP contribution in [-0.2, 0) is 32.0 Å². The summed E-state index contributed by atoms with van der Waals surface area (Å²) in [5.74, 6) is -0.767. The van der Waals surface area contributed by atoms with Gasteiger partial charge in [0.2, 0.25) is 5.95 Å². The number of benzene rings is 1. The molecule has 1 aliphatic rings. The smallest absolute Gasteiger partial charge is 0.308 e. The van der Waals surface area contributed by atoms with Gasteiger partial charge in [0.15, 0.2) is 16.6 Å². The second-order valence-electron chi connectivity index (χ2n) is 16.2. The monoisotopic (exact) mass is 714 g/mol. The fourth-order valence-corrected chi connectivity index (χ4v) is 8.51. The van der Waals surface area contributed by atoms with Crippen LogP contribution in [0.2, 0.25) is 36.3 Å². The highest BCUT2D eigenvalue weighted by molar-refractivity contribution is 7.87. The van der Waals surface area contributed by atoms with Gasteiger partial charge in [-0.2, -0.15) is 12.7 Å². The molecule has 0 fully saturated rings. The summed E-state index contributed by atoms with van der Waals surface area (Å²) in [5, 5.41) is 3.74. The molecule has 2 heterocycles. The lowest BCUT2D eigenvalue weighted by Gasteiger charge is -2.44. The Morgan fingerprint density at radius 2 is 1.58 bits per heavy atom. The Hall–Kier alpha value is -2.79. The summed E-state index contributed by atoms with van der Waals surface area (Å²) in [7, 11) is -5.49. The Balaban J connectivity index is 1.94. The van der Waals surface area contributed by atoms with Gasteiger partial charge >= 0.3 is 10.2 Å². The van der Waals surface area contributed by atoms with Crippen molar-refractivity contribution in [3.63, 3.8) is 0 Å². The molecule has 0 unspecified atom stereocenters. The summed E-state index contributed by atoms with van der Waals surface area (Å²) in [5.41, 5.74) is 12.9. The molecule has 0 bridgehead atoms. The van der Waals surface area contributed by atoms with Crippen molar-refractivity contribution in [3.05, 3.63) is 75.9 Å². The summed E-state index contributed by atoms with van der Waals surface area (Å²) >= 11 is 0. The summed E-state index contributed by atoms with van der Waals surface area (Å²) < 4.78 is 45.0. The lowest BCUT2D eigenvalue weighted by molar-refractivity contribution is 0.105. The van der Waals surface area contributed by atoms with Gasteiger partial charge in [0.1, 0.15) is 0 Å². The molecule has 12 nitrogen and oxygen atoms in total. The predicted octanol–water partition coefficient (Wildman–Crippen LogP) is 7.69. The van der Waals surface area contributed by atoms with E-state index in [1.807, 2.05) is 24.5 Å². The second kappa shape index (κ2) is 13.8. The Bertz CT molecular complexity index is 1730. The normalized spacial score (nSPS) is 19.3. The molecule has 264 valence electrons. The molecule has 0 aliphatic heterocycles. The van der Waals surface area contributed by atoms with E-state index in [0.29, 0.717) is 31.9 Å². The van der Waals surface area contributed by atoms with Crippen molar-refractivity contribution in [2.24, 2.45) is 17.0 Å². The first-order valence-corrected chi connectivity index (χ1v) is 23.7. The molecular weight excluding hydrogens is 661 g/mol. The molecule has 15 heteroatoms. The van der Waals surface area contributed by atoms with Crippen molar-refractivity contribution in [1.29, 1.82) is 0 Å². The highest BCUT2D eigenvalue weighted by Gasteiger charge is 2.46. The average molecular weight is 715 g/mol. The van der Waals surface area contributed by atoms with Crippen LogP contribution >= 0.6 is 0 Å². The number of imidazole rings is 2. The summed E-state index contributed by atoms with van der Waals surface area (Å²) in [4.78, 5) is 12.6. The summed E-state index contributed by atoms with van der Waals surface area (Å²) in [6.45, 7) is 23.9. The van der Waals surface area contributed by atoms with E-state index in [2.05, 4.69) is 94.5 Å². The lowest BCUT2D eigenvalue weighted by atomic mass is 9.71. The van der Waals surface area contributed by atoms with E-state index in [4.69, 9.17) is 18.8 Å². The third-order valence-electron chi connectivity index (χ3n) is 10.7. The van der Waals surface area contributed by atoms with E-state index in [9.17, 15) is 13.9 Å². The first-order valence-electron chi connectivity index (χ1n) is 16.5. The molecule has 1 aromatic carbocycles. The maximum absolute atomic E-state index is 13.5. The van der Waals surface area contributed by atoms with Crippen LogP contribution in [0.25, 0.3) is 10.4 Å². The second-order valence-corrected chi connectivity index (χ2v) is 27.8.